The Morgan fingerprint density at radius 1 is 1.35 bits per heavy atom. The first-order valence-electron chi connectivity index (χ1n) is 8.36. The van der Waals surface area contributed by atoms with E-state index in [2.05, 4.69) is 22.2 Å². The second-order valence-electron chi connectivity index (χ2n) is 5.95. The Labute approximate surface area is 136 Å². The Balaban J connectivity index is 1.58. The summed E-state index contributed by atoms with van der Waals surface area (Å²) in [4.78, 5) is 22.9. The number of nitrogens with one attached hydrogen (secondary N) is 1. The summed E-state index contributed by atoms with van der Waals surface area (Å²) in [6, 6.07) is 1.67. The highest BCUT2D eigenvalue weighted by molar-refractivity contribution is 5.92. The number of piperidine rings is 1. The van der Waals surface area contributed by atoms with Crippen LogP contribution in [0.5, 0.6) is 0 Å². The number of carbonyl (C=O) groups is 1. The topological polar surface area (TPSA) is 76.6 Å². The molecule has 7 heteroatoms. The number of carbonyl (C=O) groups excluding carboxylic acids is 1. The van der Waals surface area contributed by atoms with Gasteiger partial charge in [-0.25, -0.2) is 9.97 Å². The lowest BCUT2D eigenvalue weighted by molar-refractivity contribution is -0.181. The Bertz CT molecular complexity index is 536. The molecule has 3 rings (SSSR count). The molecule has 1 aromatic heterocycles. The van der Waals surface area contributed by atoms with E-state index >= 15 is 0 Å². The van der Waals surface area contributed by atoms with Crippen molar-refractivity contribution in [1.82, 2.24) is 14.9 Å². The van der Waals surface area contributed by atoms with Gasteiger partial charge in [0.05, 0.1) is 13.2 Å². The molecule has 1 spiro atoms. The molecule has 0 saturated carbocycles. The number of hydrogen-bond acceptors (Lipinski definition) is 6. The predicted molar refractivity (Wildman–Crippen MR) is 85.2 cm³/mol. The van der Waals surface area contributed by atoms with E-state index in [4.69, 9.17) is 9.47 Å². The third kappa shape index (κ3) is 3.79. The van der Waals surface area contributed by atoms with Crippen molar-refractivity contribution in [2.75, 3.05) is 38.2 Å². The minimum Gasteiger partial charge on any atom is -0.354 e. The molecule has 2 fully saturated rings. The molecule has 1 amide bonds. The summed E-state index contributed by atoms with van der Waals surface area (Å²) >= 11 is 0. The van der Waals surface area contributed by atoms with Gasteiger partial charge in [0.2, 0.25) is 5.95 Å². The zero-order chi connectivity index (χ0) is 16.1. The first kappa shape index (κ1) is 16.1. The normalized spacial score (nSPS) is 20.0. The molecule has 23 heavy (non-hydrogen) atoms. The van der Waals surface area contributed by atoms with Gasteiger partial charge in [0, 0.05) is 38.7 Å². The number of nitrogens with zero attached hydrogens (tertiary/aromatic N) is 3. The second kappa shape index (κ2) is 7.23. The van der Waals surface area contributed by atoms with Crippen LogP contribution in [-0.2, 0) is 9.47 Å². The van der Waals surface area contributed by atoms with Crippen LogP contribution in [0.1, 0.15) is 43.1 Å². The van der Waals surface area contributed by atoms with E-state index in [9.17, 15) is 4.79 Å². The quantitative estimate of drug-likeness (QED) is 0.832. The average molecular weight is 320 g/mol. The van der Waals surface area contributed by atoms with Crippen LogP contribution in [-0.4, -0.2) is 59.4 Å². The van der Waals surface area contributed by atoms with Gasteiger partial charge in [0.25, 0.3) is 5.91 Å². The van der Waals surface area contributed by atoms with Crippen molar-refractivity contribution in [3.05, 3.63) is 18.0 Å². The number of aromatic nitrogens is 2. The van der Waals surface area contributed by atoms with Crippen LogP contribution in [0.25, 0.3) is 0 Å². The van der Waals surface area contributed by atoms with Crippen LogP contribution in [0.2, 0.25) is 0 Å². The van der Waals surface area contributed by atoms with Crippen LogP contribution in [0.15, 0.2) is 12.3 Å². The number of hydrogen-bond donors (Lipinski definition) is 1. The summed E-state index contributed by atoms with van der Waals surface area (Å²) in [6.07, 6.45) is 5.21. The van der Waals surface area contributed by atoms with E-state index in [0.29, 0.717) is 50.8 Å². The molecule has 0 aliphatic carbocycles. The van der Waals surface area contributed by atoms with Gasteiger partial charge in [0.15, 0.2) is 5.79 Å². The molecule has 0 aromatic carbocycles. The Hall–Kier alpha value is -1.73. The zero-order valence-electron chi connectivity index (χ0n) is 13.6. The van der Waals surface area contributed by atoms with Gasteiger partial charge in [-0.05, 0) is 12.5 Å². The molecule has 0 bridgehead atoms. The molecule has 7 nitrogen and oxygen atoms in total. The maximum atomic E-state index is 12.6. The fourth-order valence-electron chi connectivity index (χ4n) is 2.94. The predicted octanol–water partition coefficient (Wildman–Crippen LogP) is 1.67. The molecule has 2 aliphatic rings. The summed E-state index contributed by atoms with van der Waals surface area (Å²) in [5.74, 6) is -0.00554. The van der Waals surface area contributed by atoms with Crippen molar-refractivity contribution in [2.45, 2.75) is 38.4 Å². The number of likely N-dealkylation sites (tertiary alicyclic amines) is 1. The first-order chi connectivity index (χ1) is 11.2. The van der Waals surface area contributed by atoms with Crippen LogP contribution in [0.3, 0.4) is 0 Å². The van der Waals surface area contributed by atoms with Crippen LogP contribution in [0.4, 0.5) is 5.95 Å². The Kier molecular flexibility index (Phi) is 5.07. The van der Waals surface area contributed by atoms with Gasteiger partial charge in [-0.3, -0.25) is 4.79 Å². The number of ether oxygens (including phenoxy) is 2. The molecule has 0 atom stereocenters. The summed E-state index contributed by atoms with van der Waals surface area (Å²) in [7, 11) is 0. The largest absolute Gasteiger partial charge is 0.354 e. The smallest absolute Gasteiger partial charge is 0.272 e. The lowest BCUT2D eigenvalue weighted by atomic mass is 10.0. The highest BCUT2D eigenvalue weighted by Crippen LogP contribution is 2.31. The van der Waals surface area contributed by atoms with Gasteiger partial charge in [-0.2, -0.15) is 0 Å². The fraction of sp³-hybridized carbons (Fsp3) is 0.688. The number of anilines is 1. The van der Waals surface area contributed by atoms with E-state index in [1.807, 2.05) is 4.90 Å². The number of rotatable bonds is 5. The summed E-state index contributed by atoms with van der Waals surface area (Å²) < 4.78 is 11.4. The van der Waals surface area contributed by atoms with Crippen LogP contribution < -0.4 is 5.32 Å². The summed E-state index contributed by atoms with van der Waals surface area (Å²) in [5.41, 5.74) is 0.434. The van der Waals surface area contributed by atoms with E-state index in [0.717, 1.165) is 19.4 Å². The maximum absolute atomic E-state index is 12.6. The summed E-state index contributed by atoms with van der Waals surface area (Å²) in [5, 5.41) is 3.15. The van der Waals surface area contributed by atoms with E-state index in [1.54, 1.807) is 12.3 Å². The maximum Gasteiger partial charge on any atom is 0.272 e. The van der Waals surface area contributed by atoms with E-state index < -0.39 is 5.79 Å². The van der Waals surface area contributed by atoms with Crippen molar-refractivity contribution < 1.29 is 14.3 Å². The number of amides is 1. The molecule has 0 radical (unpaired) electrons. The lowest BCUT2D eigenvalue weighted by Gasteiger charge is -2.37. The molecule has 1 N–H and O–H groups in total. The van der Waals surface area contributed by atoms with E-state index in [-0.39, 0.29) is 5.91 Å². The van der Waals surface area contributed by atoms with Crippen molar-refractivity contribution in [1.29, 1.82) is 0 Å². The lowest BCUT2D eigenvalue weighted by Crippen LogP contribution is -2.47. The first-order valence-corrected chi connectivity index (χ1v) is 8.36. The third-order valence-corrected chi connectivity index (χ3v) is 4.31. The van der Waals surface area contributed by atoms with E-state index in [1.165, 1.54) is 0 Å². The highest BCUT2D eigenvalue weighted by atomic mass is 16.7. The molecule has 3 heterocycles. The molecule has 0 unspecified atom stereocenters. The monoisotopic (exact) mass is 320 g/mol. The Morgan fingerprint density at radius 3 is 2.78 bits per heavy atom. The molecular weight excluding hydrogens is 296 g/mol. The van der Waals surface area contributed by atoms with Gasteiger partial charge in [-0.1, -0.05) is 13.3 Å². The highest BCUT2D eigenvalue weighted by Gasteiger charge is 2.41. The minimum atomic E-state index is -0.463. The number of unbranched alkanes of at least 4 members (excludes halogenated alkanes) is 1. The zero-order valence-corrected chi connectivity index (χ0v) is 13.6. The van der Waals surface area contributed by atoms with Gasteiger partial charge >= 0.3 is 0 Å². The fourth-order valence-corrected chi connectivity index (χ4v) is 2.94. The van der Waals surface area contributed by atoms with Gasteiger partial charge < -0.3 is 19.7 Å². The molecule has 126 valence electrons. The molecular formula is C16H24N4O3. The third-order valence-electron chi connectivity index (χ3n) is 4.31. The average Bonchev–Trinajstić information content (AvgIpc) is 3.04. The second-order valence-corrected chi connectivity index (χ2v) is 5.95. The van der Waals surface area contributed by atoms with Crippen molar-refractivity contribution in [2.24, 2.45) is 0 Å². The summed E-state index contributed by atoms with van der Waals surface area (Å²) in [6.45, 7) is 5.49. The molecule has 2 saturated heterocycles. The standard InChI is InChI=1S/C16H24N4O3/c1-2-3-7-17-15-18-8-4-13(19-15)14(21)20-9-5-16(6-10-20)22-11-12-23-16/h4,8H,2-3,5-7,9-12H2,1H3,(H,17,18,19). The van der Waals surface area contributed by atoms with Crippen LogP contribution in [0, 0.1) is 0 Å². The van der Waals surface area contributed by atoms with Gasteiger partial charge in [-0.15, -0.1) is 0 Å². The van der Waals surface area contributed by atoms with Gasteiger partial charge in [0.1, 0.15) is 5.69 Å². The van der Waals surface area contributed by atoms with Crippen molar-refractivity contribution in [3.8, 4) is 0 Å². The van der Waals surface area contributed by atoms with Crippen molar-refractivity contribution in [3.63, 3.8) is 0 Å². The molecule has 2 aliphatic heterocycles. The Morgan fingerprint density at radius 2 is 2.09 bits per heavy atom. The van der Waals surface area contributed by atoms with Crippen molar-refractivity contribution >= 4 is 11.9 Å². The molecule has 1 aromatic rings. The van der Waals surface area contributed by atoms with Crippen LogP contribution >= 0.6 is 0 Å². The SMILES string of the molecule is CCCCNc1nccc(C(=O)N2CCC3(CC2)OCCO3)n1. The minimum absolute atomic E-state index is 0.0567.